The molecule has 7 heteroatoms. The Hall–Kier alpha value is -2.34. The number of hydrogen-bond donors (Lipinski definition) is 0. The van der Waals surface area contributed by atoms with Crippen molar-refractivity contribution in [3.8, 4) is 5.69 Å². The third-order valence-corrected chi connectivity index (χ3v) is 4.71. The standard InChI is InChI=1S/C20H27ClN4O2/c1-6-24(7-2)18(26)13-23(5)20(27)17-12-22-25(19(17)14(3)4)16-10-8-9-15(21)11-16/h8-12,14H,6-7,13H2,1-5H3. The summed E-state index contributed by atoms with van der Waals surface area (Å²) in [6.07, 6.45) is 1.57. The maximum Gasteiger partial charge on any atom is 0.257 e. The van der Waals surface area contributed by atoms with E-state index >= 15 is 0 Å². The minimum atomic E-state index is -0.215. The molecule has 0 N–H and O–H groups in total. The number of benzene rings is 1. The maximum atomic E-state index is 13.0. The molecule has 2 rings (SSSR count). The number of rotatable bonds is 7. The summed E-state index contributed by atoms with van der Waals surface area (Å²) in [7, 11) is 1.64. The predicted molar refractivity (Wildman–Crippen MR) is 108 cm³/mol. The average molecular weight is 391 g/mol. The van der Waals surface area contributed by atoms with Gasteiger partial charge in [-0.05, 0) is 38.0 Å². The molecule has 1 aromatic heterocycles. The van der Waals surface area contributed by atoms with Crippen molar-refractivity contribution in [1.29, 1.82) is 0 Å². The molecule has 0 bridgehead atoms. The second-order valence-corrected chi connectivity index (χ2v) is 7.15. The third kappa shape index (κ3) is 4.69. The van der Waals surface area contributed by atoms with Crippen molar-refractivity contribution in [3.63, 3.8) is 0 Å². The lowest BCUT2D eigenvalue weighted by atomic mass is 10.0. The van der Waals surface area contributed by atoms with E-state index in [1.165, 1.54) is 4.90 Å². The van der Waals surface area contributed by atoms with Crippen LogP contribution in [0.2, 0.25) is 5.02 Å². The molecule has 27 heavy (non-hydrogen) atoms. The van der Waals surface area contributed by atoms with Crippen LogP contribution in [-0.4, -0.2) is 58.1 Å². The van der Waals surface area contributed by atoms with Gasteiger partial charge in [0.2, 0.25) is 5.91 Å². The SMILES string of the molecule is CCN(CC)C(=O)CN(C)C(=O)c1cnn(-c2cccc(Cl)c2)c1C(C)C. The lowest BCUT2D eigenvalue weighted by molar-refractivity contribution is -0.131. The zero-order valence-electron chi connectivity index (χ0n) is 16.6. The number of amides is 2. The van der Waals surface area contributed by atoms with Crippen LogP contribution >= 0.6 is 11.6 Å². The first-order valence-electron chi connectivity index (χ1n) is 9.17. The summed E-state index contributed by atoms with van der Waals surface area (Å²) >= 11 is 6.10. The monoisotopic (exact) mass is 390 g/mol. The van der Waals surface area contributed by atoms with Gasteiger partial charge in [-0.15, -0.1) is 0 Å². The van der Waals surface area contributed by atoms with Gasteiger partial charge in [0.1, 0.15) is 0 Å². The summed E-state index contributed by atoms with van der Waals surface area (Å²) in [6, 6.07) is 7.34. The summed E-state index contributed by atoms with van der Waals surface area (Å²) in [6.45, 7) is 9.17. The van der Waals surface area contributed by atoms with Crippen molar-refractivity contribution >= 4 is 23.4 Å². The Morgan fingerprint density at radius 3 is 2.44 bits per heavy atom. The molecule has 0 saturated heterocycles. The van der Waals surface area contributed by atoms with Gasteiger partial charge in [-0.2, -0.15) is 5.10 Å². The van der Waals surface area contributed by atoms with E-state index in [0.717, 1.165) is 11.4 Å². The molecule has 2 amide bonds. The van der Waals surface area contributed by atoms with E-state index in [0.29, 0.717) is 23.7 Å². The van der Waals surface area contributed by atoms with Gasteiger partial charge in [-0.3, -0.25) is 9.59 Å². The van der Waals surface area contributed by atoms with Crippen molar-refractivity contribution < 1.29 is 9.59 Å². The molecule has 0 spiro atoms. The normalized spacial score (nSPS) is 10.9. The maximum absolute atomic E-state index is 13.0. The van der Waals surface area contributed by atoms with Gasteiger partial charge in [-0.1, -0.05) is 31.5 Å². The molecule has 1 heterocycles. The molecule has 146 valence electrons. The van der Waals surface area contributed by atoms with Crippen LogP contribution in [0.25, 0.3) is 5.69 Å². The Morgan fingerprint density at radius 2 is 1.89 bits per heavy atom. The molecule has 0 atom stereocenters. The van der Waals surface area contributed by atoms with Crippen molar-refractivity contribution in [2.24, 2.45) is 0 Å². The van der Waals surface area contributed by atoms with Gasteiger partial charge in [0.15, 0.2) is 0 Å². The Kier molecular flexibility index (Phi) is 7.02. The van der Waals surface area contributed by atoms with Gasteiger partial charge in [0, 0.05) is 25.2 Å². The molecule has 0 fully saturated rings. The van der Waals surface area contributed by atoms with Crippen LogP contribution in [0, 0.1) is 0 Å². The molecule has 0 radical (unpaired) electrons. The molecule has 6 nitrogen and oxygen atoms in total. The molecule has 0 saturated carbocycles. The zero-order valence-corrected chi connectivity index (χ0v) is 17.3. The number of carbonyl (C=O) groups excluding carboxylic acids is 2. The summed E-state index contributed by atoms with van der Waals surface area (Å²) in [5, 5.41) is 5.02. The number of carbonyl (C=O) groups is 2. The first-order valence-corrected chi connectivity index (χ1v) is 9.54. The van der Waals surface area contributed by atoms with E-state index in [1.54, 1.807) is 28.9 Å². The molecule has 0 aliphatic carbocycles. The van der Waals surface area contributed by atoms with Crippen LogP contribution < -0.4 is 0 Å². The largest absolute Gasteiger partial charge is 0.342 e. The van der Waals surface area contributed by atoms with Crippen LogP contribution in [0.1, 0.15) is 49.7 Å². The van der Waals surface area contributed by atoms with Crippen LogP contribution in [-0.2, 0) is 4.79 Å². The van der Waals surface area contributed by atoms with Crippen LogP contribution in [0.4, 0.5) is 0 Å². The Balaban J connectivity index is 2.32. The van der Waals surface area contributed by atoms with Crippen molar-refractivity contribution in [2.75, 3.05) is 26.7 Å². The summed E-state index contributed by atoms with van der Waals surface area (Å²) < 4.78 is 1.74. The molecule has 2 aromatic rings. The average Bonchev–Trinajstić information content (AvgIpc) is 3.07. The van der Waals surface area contributed by atoms with Crippen molar-refractivity contribution in [3.05, 3.63) is 46.7 Å². The predicted octanol–water partition coefficient (Wildman–Crippen LogP) is 3.59. The van der Waals surface area contributed by atoms with E-state index in [4.69, 9.17) is 11.6 Å². The van der Waals surface area contributed by atoms with Crippen LogP contribution in [0.3, 0.4) is 0 Å². The fraction of sp³-hybridized carbons (Fsp3) is 0.450. The lowest BCUT2D eigenvalue weighted by Crippen LogP contribution is -2.41. The highest BCUT2D eigenvalue weighted by Crippen LogP contribution is 2.25. The molecule has 0 unspecified atom stereocenters. The first-order chi connectivity index (χ1) is 12.8. The third-order valence-electron chi connectivity index (χ3n) is 4.47. The minimum Gasteiger partial charge on any atom is -0.342 e. The van der Waals surface area contributed by atoms with Gasteiger partial charge >= 0.3 is 0 Å². The molecule has 0 aliphatic heterocycles. The number of hydrogen-bond acceptors (Lipinski definition) is 3. The van der Waals surface area contributed by atoms with Crippen LogP contribution in [0.5, 0.6) is 0 Å². The summed E-state index contributed by atoms with van der Waals surface area (Å²) in [4.78, 5) is 28.5. The highest BCUT2D eigenvalue weighted by Gasteiger charge is 2.25. The summed E-state index contributed by atoms with van der Waals surface area (Å²) in [5.74, 6) is -0.214. The van der Waals surface area contributed by atoms with Gasteiger partial charge in [0.25, 0.3) is 5.91 Å². The fourth-order valence-corrected chi connectivity index (χ4v) is 3.23. The van der Waals surface area contributed by atoms with E-state index in [2.05, 4.69) is 5.10 Å². The van der Waals surface area contributed by atoms with E-state index in [-0.39, 0.29) is 24.3 Å². The Bertz CT molecular complexity index is 812. The highest BCUT2D eigenvalue weighted by atomic mass is 35.5. The first kappa shape index (κ1) is 21.0. The number of aromatic nitrogens is 2. The van der Waals surface area contributed by atoms with Crippen LogP contribution in [0.15, 0.2) is 30.5 Å². The number of likely N-dealkylation sites (N-methyl/N-ethyl adjacent to an activating group) is 2. The highest BCUT2D eigenvalue weighted by molar-refractivity contribution is 6.30. The second-order valence-electron chi connectivity index (χ2n) is 6.72. The van der Waals surface area contributed by atoms with E-state index in [1.807, 2.05) is 45.9 Å². The molecule has 1 aromatic carbocycles. The second kappa shape index (κ2) is 9.04. The smallest absolute Gasteiger partial charge is 0.257 e. The van der Waals surface area contributed by atoms with E-state index < -0.39 is 0 Å². The summed E-state index contributed by atoms with van der Waals surface area (Å²) in [5.41, 5.74) is 2.09. The van der Waals surface area contributed by atoms with Crippen molar-refractivity contribution in [1.82, 2.24) is 19.6 Å². The molecular formula is C20H27ClN4O2. The molecular weight excluding hydrogens is 364 g/mol. The van der Waals surface area contributed by atoms with Gasteiger partial charge in [-0.25, -0.2) is 4.68 Å². The van der Waals surface area contributed by atoms with Gasteiger partial charge in [0.05, 0.1) is 29.7 Å². The minimum absolute atomic E-state index is 0.0421. The van der Waals surface area contributed by atoms with Gasteiger partial charge < -0.3 is 9.80 Å². The quantitative estimate of drug-likeness (QED) is 0.725. The zero-order chi connectivity index (χ0) is 20.1. The van der Waals surface area contributed by atoms with E-state index in [9.17, 15) is 9.59 Å². The Labute approximate surface area is 165 Å². The Morgan fingerprint density at radius 1 is 1.22 bits per heavy atom. The lowest BCUT2D eigenvalue weighted by Gasteiger charge is -2.23. The topological polar surface area (TPSA) is 58.4 Å². The number of halogens is 1. The van der Waals surface area contributed by atoms with Crippen molar-refractivity contribution in [2.45, 2.75) is 33.6 Å². The molecule has 0 aliphatic rings. The number of nitrogens with zero attached hydrogens (tertiary/aromatic N) is 4. The fourth-order valence-electron chi connectivity index (χ4n) is 3.05.